The summed E-state index contributed by atoms with van der Waals surface area (Å²) >= 11 is 0. The average Bonchev–Trinajstić information content (AvgIpc) is 3.27. The molecule has 0 aliphatic carbocycles. The molecule has 0 saturated heterocycles. The van der Waals surface area contributed by atoms with E-state index in [9.17, 15) is 14.4 Å². The fourth-order valence-electron chi connectivity index (χ4n) is 6.37. The van der Waals surface area contributed by atoms with Gasteiger partial charge in [0.25, 0.3) is 0 Å². The van der Waals surface area contributed by atoms with Crippen LogP contribution in [-0.4, -0.2) is 37.2 Å². The molecule has 0 aliphatic heterocycles. The number of ether oxygens (including phenoxy) is 3. The van der Waals surface area contributed by atoms with Gasteiger partial charge in [-0.05, 0) is 89.9 Å². The van der Waals surface area contributed by atoms with Gasteiger partial charge in [0.2, 0.25) is 0 Å². The maximum atomic E-state index is 12.8. The Balaban J connectivity index is 4.49. The Bertz CT molecular complexity index is 1310. The Morgan fingerprint density at radius 2 is 0.710 bits per heavy atom. The van der Waals surface area contributed by atoms with E-state index in [2.05, 4.69) is 69.4 Å². The zero-order valence-electron chi connectivity index (χ0n) is 39.8. The van der Waals surface area contributed by atoms with Gasteiger partial charge < -0.3 is 14.2 Å². The second kappa shape index (κ2) is 49.7. The van der Waals surface area contributed by atoms with Crippen LogP contribution in [0.25, 0.3) is 0 Å². The molecular weight excluding hydrogens is 769 g/mol. The fraction of sp³-hybridized carbons (Fsp3) is 0.625. The predicted molar refractivity (Wildman–Crippen MR) is 265 cm³/mol. The first-order valence-corrected chi connectivity index (χ1v) is 25.0. The molecule has 0 aromatic heterocycles. The quantitative estimate of drug-likeness (QED) is 0.0200. The van der Waals surface area contributed by atoms with E-state index in [4.69, 9.17) is 14.2 Å². The van der Waals surface area contributed by atoms with Gasteiger partial charge in [0.05, 0.1) is 0 Å². The fourth-order valence-corrected chi connectivity index (χ4v) is 6.37. The molecule has 6 nitrogen and oxygen atoms in total. The molecule has 0 bridgehead atoms. The van der Waals surface area contributed by atoms with Crippen LogP contribution in [0, 0.1) is 0 Å². The zero-order valence-corrected chi connectivity index (χ0v) is 39.8. The Morgan fingerprint density at radius 1 is 0.355 bits per heavy atom. The van der Waals surface area contributed by atoms with Crippen molar-refractivity contribution in [2.75, 3.05) is 13.2 Å². The highest BCUT2D eigenvalue weighted by atomic mass is 16.6. The third-order valence-corrected chi connectivity index (χ3v) is 10.1. The van der Waals surface area contributed by atoms with Crippen molar-refractivity contribution < 1.29 is 28.6 Å². The lowest BCUT2D eigenvalue weighted by Gasteiger charge is -2.18. The van der Waals surface area contributed by atoms with Crippen molar-refractivity contribution in [2.24, 2.45) is 0 Å². The van der Waals surface area contributed by atoms with E-state index < -0.39 is 6.10 Å². The number of carbonyl (C=O) groups excluding carboxylic acids is 3. The molecule has 6 heteroatoms. The van der Waals surface area contributed by atoms with Gasteiger partial charge in [-0.1, -0.05) is 207 Å². The Labute approximate surface area is 380 Å². The zero-order chi connectivity index (χ0) is 45.1. The molecule has 0 rings (SSSR count). The van der Waals surface area contributed by atoms with Gasteiger partial charge >= 0.3 is 17.9 Å². The minimum atomic E-state index is -0.806. The lowest BCUT2D eigenvalue weighted by Crippen LogP contribution is -2.30. The predicted octanol–water partition coefficient (Wildman–Crippen LogP) is 16.4. The summed E-state index contributed by atoms with van der Waals surface area (Å²) in [5, 5.41) is 0. The van der Waals surface area contributed by atoms with Gasteiger partial charge in [0, 0.05) is 19.3 Å². The van der Waals surface area contributed by atoms with Crippen molar-refractivity contribution in [1.82, 2.24) is 0 Å². The third kappa shape index (κ3) is 47.1. The number of hydrogen-bond acceptors (Lipinski definition) is 6. The topological polar surface area (TPSA) is 78.9 Å². The molecule has 1 unspecified atom stereocenters. The monoisotopic (exact) mass is 859 g/mol. The van der Waals surface area contributed by atoms with Gasteiger partial charge in [-0.15, -0.1) is 0 Å². The highest BCUT2D eigenvalue weighted by Crippen LogP contribution is 2.13. The summed E-state index contributed by atoms with van der Waals surface area (Å²) < 4.78 is 16.7. The summed E-state index contributed by atoms with van der Waals surface area (Å²) in [5.41, 5.74) is 0. The van der Waals surface area contributed by atoms with E-state index in [0.29, 0.717) is 19.3 Å². The summed E-state index contributed by atoms with van der Waals surface area (Å²) in [6, 6.07) is 0. The first-order valence-electron chi connectivity index (χ1n) is 25.0. The maximum absolute atomic E-state index is 12.8. The lowest BCUT2D eigenvalue weighted by molar-refractivity contribution is -0.167. The molecule has 0 aromatic carbocycles. The van der Waals surface area contributed by atoms with Crippen molar-refractivity contribution in [2.45, 2.75) is 213 Å². The van der Waals surface area contributed by atoms with Crippen LogP contribution in [-0.2, 0) is 28.6 Å². The van der Waals surface area contributed by atoms with Gasteiger partial charge in [-0.2, -0.15) is 0 Å². The summed E-state index contributed by atoms with van der Waals surface area (Å²) in [6.45, 7) is 6.35. The number of hydrogen-bond donors (Lipinski definition) is 0. The molecule has 0 aliphatic rings. The molecule has 0 aromatic rings. The third-order valence-electron chi connectivity index (χ3n) is 10.1. The number of allylic oxidation sites excluding steroid dienone is 18. The highest BCUT2D eigenvalue weighted by Gasteiger charge is 2.19. The molecule has 1 atom stereocenters. The SMILES string of the molecule is CC\C=C/C=C\C=C/C=C\C=C\C=C/CCCCCC(=O)OCC(COC(=O)CCCCCC/C=C\CCCC)OC(=O)CCCCCCCCC/C=C\C/C=C\CCCCC. The van der Waals surface area contributed by atoms with Crippen LogP contribution in [0.15, 0.2) is 109 Å². The molecule has 0 radical (unpaired) electrons. The number of unbranched alkanes of at least 4 members (excludes halogenated alkanes) is 19. The van der Waals surface area contributed by atoms with Crippen molar-refractivity contribution in [3.63, 3.8) is 0 Å². The van der Waals surface area contributed by atoms with Crippen LogP contribution in [0.2, 0.25) is 0 Å². The van der Waals surface area contributed by atoms with E-state index in [1.165, 1.54) is 64.2 Å². The molecule has 0 saturated carbocycles. The standard InChI is InChI=1S/C56H90O6/c1-4-7-10-13-16-19-22-24-26-28-30-32-34-37-40-43-46-49-55(58)61-52-53(51-60-54(57)48-45-42-39-36-21-18-15-12-9-6-3)62-56(59)50-47-44-41-38-35-33-31-29-27-25-23-20-17-14-11-8-5-2/h7,10,13,15-20,22,24-28,30,32,34,53H,4-6,8-9,11-12,14,21,23,29,31,33,35-52H2,1-3H3/b10-7-,16-13-,18-15-,20-17-,22-19-,26-24-,27-25-,30-28+,34-32-. The molecule has 62 heavy (non-hydrogen) atoms. The average molecular weight is 859 g/mol. The van der Waals surface area contributed by atoms with Gasteiger partial charge in [0.15, 0.2) is 6.10 Å². The van der Waals surface area contributed by atoms with Crippen molar-refractivity contribution in [1.29, 1.82) is 0 Å². The second-order valence-electron chi connectivity index (χ2n) is 16.1. The van der Waals surface area contributed by atoms with E-state index in [0.717, 1.165) is 103 Å². The molecule has 0 fully saturated rings. The summed E-state index contributed by atoms with van der Waals surface area (Å²) in [6.07, 6.45) is 66.4. The molecule has 350 valence electrons. The lowest BCUT2D eigenvalue weighted by atomic mass is 10.1. The molecule has 0 amide bonds. The van der Waals surface area contributed by atoms with Crippen LogP contribution < -0.4 is 0 Å². The largest absolute Gasteiger partial charge is 0.462 e. The minimum Gasteiger partial charge on any atom is -0.462 e. The van der Waals surface area contributed by atoms with E-state index in [-0.39, 0.29) is 31.1 Å². The summed E-state index contributed by atoms with van der Waals surface area (Å²) in [7, 11) is 0. The molecule has 0 heterocycles. The first-order chi connectivity index (χ1) is 30.5. The van der Waals surface area contributed by atoms with E-state index in [1.54, 1.807) is 0 Å². The minimum absolute atomic E-state index is 0.104. The molecular formula is C56H90O6. The first kappa shape index (κ1) is 58.1. The van der Waals surface area contributed by atoms with Crippen molar-refractivity contribution in [3.05, 3.63) is 109 Å². The number of esters is 3. The number of rotatable bonds is 43. The normalized spacial score (nSPS) is 13.0. The molecule has 0 N–H and O–H groups in total. The second-order valence-corrected chi connectivity index (χ2v) is 16.1. The van der Waals surface area contributed by atoms with Crippen LogP contribution in [0.3, 0.4) is 0 Å². The van der Waals surface area contributed by atoms with Gasteiger partial charge in [-0.3, -0.25) is 14.4 Å². The Morgan fingerprint density at radius 3 is 1.19 bits per heavy atom. The maximum Gasteiger partial charge on any atom is 0.306 e. The van der Waals surface area contributed by atoms with Crippen LogP contribution >= 0.6 is 0 Å². The number of carbonyl (C=O) groups is 3. The summed E-state index contributed by atoms with van der Waals surface area (Å²) in [4.78, 5) is 37.9. The van der Waals surface area contributed by atoms with Crippen molar-refractivity contribution in [3.8, 4) is 0 Å². The van der Waals surface area contributed by atoms with Gasteiger partial charge in [-0.25, -0.2) is 0 Å². The van der Waals surface area contributed by atoms with E-state index in [1.807, 2.05) is 60.8 Å². The van der Waals surface area contributed by atoms with Crippen molar-refractivity contribution >= 4 is 17.9 Å². The highest BCUT2D eigenvalue weighted by molar-refractivity contribution is 5.71. The van der Waals surface area contributed by atoms with E-state index >= 15 is 0 Å². The smallest absolute Gasteiger partial charge is 0.306 e. The van der Waals surface area contributed by atoms with Crippen LogP contribution in [0.1, 0.15) is 207 Å². The summed E-state index contributed by atoms with van der Waals surface area (Å²) in [5.74, 6) is -0.977. The Kier molecular flexibility index (Phi) is 46.6. The van der Waals surface area contributed by atoms with Crippen LogP contribution in [0.5, 0.6) is 0 Å². The molecule has 0 spiro atoms. The Hall–Kier alpha value is -3.93. The van der Waals surface area contributed by atoms with Crippen LogP contribution in [0.4, 0.5) is 0 Å². The van der Waals surface area contributed by atoms with Gasteiger partial charge in [0.1, 0.15) is 13.2 Å².